The van der Waals surface area contributed by atoms with Crippen LogP contribution in [0.15, 0.2) is 71.1 Å². The van der Waals surface area contributed by atoms with Gasteiger partial charge in [0, 0.05) is 23.0 Å². The van der Waals surface area contributed by atoms with Crippen molar-refractivity contribution in [3.63, 3.8) is 0 Å². The number of ketones is 1. The summed E-state index contributed by atoms with van der Waals surface area (Å²) in [6.07, 6.45) is 4.08. The molecule has 1 fully saturated rings. The highest BCUT2D eigenvalue weighted by Gasteiger charge is 2.31. The number of carbonyl (C=O) groups excluding carboxylic acids is 3. The van der Waals surface area contributed by atoms with Crippen molar-refractivity contribution in [3.05, 3.63) is 88.2 Å². The molecule has 1 aliphatic rings. The van der Waals surface area contributed by atoms with E-state index in [9.17, 15) is 14.4 Å². The molecule has 41 heavy (non-hydrogen) atoms. The number of halogens is 2. The third-order valence-electron chi connectivity index (χ3n) is 7.64. The summed E-state index contributed by atoms with van der Waals surface area (Å²) < 4.78 is 5.62. The van der Waals surface area contributed by atoms with Gasteiger partial charge in [0.2, 0.25) is 11.7 Å². The lowest BCUT2D eigenvalue weighted by molar-refractivity contribution is -0.123. The minimum atomic E-state index is -0.748. The molecule has 0 saturated heterocycles. The molecule has 2 amide bonds. The van der Waals surface area contributed by atoms with Crippen LogP contribution in [0.4, 0.5) is 0 Å². The fourth-order valence-corrected chi connectivity index (χ4v) is 5.93. The Hall–Kier alpha value is -3.68. The van der Waals surface area contributed by atoms with Crippen molar-refractivity contribution >= 4 is 51.9 Å². The van der Waals surface area contributed by atoms with Gasteiger partial charge in [0.25, 0.3) is 11.8 Å². The lowest BCUT2D eigenvalue weighted by atomic mass is 9.82. The Morgan fingerprint density at radius 1 is 0.976 bits per heavy atom. The zero-order valence-electron chi connectivity index (χ0n) is 22.7. The number of nitrogens with zero attached hydrogens (tertiary/aromatic N) is 1. The number of hydrogen-bond acceptors (Lipinski definition) is 5. The topological polar surface area (TPSA) is 101 Å². The van der Waals surface area contributed by atoms with Crippen LogP contribution >= 0.6 is 23.2 Å². The number of nitrogens with one attached hydrogen (secondary N) is 2. The van der Waals surface area contributed by atoms with Gasteiger partial charge in [-0.05, 0) is 61.1 Å². The smallest absolute Gasteiger partial charge is 0.266 e. The van der Waals surface area contributed by atoms with Crippen molar-refractivity contribution in [2.75, 3.05) is 0 Å². The van der Waals surface area contributed by atoms with Crippen LogP contribution in [0, 0.1) is 5.92 Å². The van der Waals surface area contributed by atoms with E-state index in [1.165, 1.54) is 0 Å². The van der Waals surface area contributed by atoms with Gasteiger partial charge in [-0.15, -0.1) is 0 Å². The molecule has 1 aromatic heterocycles. The first-order valence-electron chi connectivity index (χ1n) is 13.9. The SMILES string of the molecule is CC[C@H](NC(=O)CC1CCCCC1NC(=O)c1ccc(-c2ccccc2Cl)cc1Cl)C(=O)c1nc2ccccc2o1. The quantitative estimate of drug-likeness (QED) is 0.199. The molecule has 0 radical (unpaired) electrons. The van der Waals surface area contributed by atoms with Gasteiger partial charge < -0.3 is 15.1 Å². The predicted molar refractivity (Wildman–Crippen MR) is 160 cm³/mol. The molecular weight excluding hydrogens is 561 g/mol. The fourth-order valence-electron chi connectivity index (χ4n) is 5.42. The largest absolute Gasteiger partial charge is 0.434 e. The van der Waals surface area contributed by atoms with Crippen molar-refractivity contribution in [1.29, 1.82) is 0 Å². The van der Waals surface area contributed by atoms with Crippen LogP contribution < -0.4 is 10.6 Å². The molecule has 7 nitrogen and oxygen atoms in total. The Morgan fingerprint density at radius 2 is 1.73 bits per heavy atom. The standard InChI is InChI=1S/C32H31Cl2N3O4/c1-2-25(30(39)32-37-27-13-7-8-14-28(27)41-32)35-29(38)18-20-9-3-6-12-26(20)36-31(40)22-16-15-19(17-24(22)34)21-10-4-5-11-23(21)33/h4-5,7-8,10-11,13-17,20,25-26H,2-3,6,9,12,18H2,1H3,(H,35,38)(H,36,40)/t20?,25-,26?/m0/s1. The minimum Gasteiger partial charge on any atom is -0.434 e. The molecule has 4 aromatic rings. The Kier molecular flexibility index (Phi) is 9.06. The highest BCUT2D eigenvalue weighted by atomic mass is 35.5. The maximum absolute atomic E-state index is 13.2. The molecule has 3 aromatic carbocycles. The summed E-state index contributed by atoms with van der Waals surface area (Å²) in [5.41, 5.74) is 3.14. The summed E-state index contributed by atoms with van der Waals surface area (Å²) in [5, 5.41) is 6.91. The average Bonchev–Trinajstić information content (AvgIpc) is 3.41. The molecule has 5 rings (SSSR count). The Bertz CT molecular complexity index is 1550. The number of Topliss-reactive ketones (excluding diaryl/α,β-unsaturated/α-hetero) is 1. The summed E-state index contributed by atoms with van der Waals surface area (Å²) in [6.45, 7) is 1.83. The van der Waals surface area contributed by atoms with Crippen LogP contribution in [0.3, 0.4) is 0 Å². The number of hydrogen-bond donors (Lipinski definition) is 2. The third-order valence-corrected chi connectivity index (χ3v) is 8.28. The molecule has 1 saturated carbocycles. The zero-order valence-corrected chi connectivity index (χ0v) is 24.2. The Balaban J connectivity index is 1.22. The van der Waals surface area contributed by atoms with E-state index in [1.54, 1.807) is 30.3 Å². The highest BCUT2D eigenvalue weighted by Crippen LogP contribution is 2.32. The first-order valence-corrected chi connectivity index (χ1v) is 14.6. The van der Waals surface area contributed by atoms with Crippen molar-refractivity contribution < 1.29 is 18.8 Å². The molecule has 0 spiro atoms. The van der Waals surface area contributed by atoms with Crippen LogP contribution in [0.5, 0.6) is 0 Å². The molecule has 3 atom stereocenters. The molecule has 1 heterocycles. The van der Waals surface area contributed by atoms with Gasteiger partial charge in [0.05, 0.1) is 16.6 Å². The van der Waals surface area contributed by atoms with Crippen LogP contribution in [-0.4, -0.2) is 34.7 Å². The number of amides is 2. The lowest BCUT2D eigenvalue weighted by Crippen LogP contribution is -2.46. The maximum atomic E-state index is 13.2. The molecule has 2 unspecified atom stereocenters. The normalized spacial score (nSPS) is 17.6. The maximum Gasteiger partial charge on any atom is 0.266 e. The second-order valence-corrected chi connectivity index (χ2v) is 11.2. The summed E-state index contributed by atoms with van der Waals surface area (Å²) in [4.78, 5) is 43.7. The average molecular weight is 593 g/mol. The van der Waals surface area contributed by atoms with Gasteiger partial charge in [-0.25, -0.2) is 4.98 Å². The van der Waals surface area contributed by atoms with E-state index in [0.717, 1.165) is 36.8 Å². The van der Waals surface area contributed by atoms with Gasteiger partial charge in [-0.3, -0.25) is 14.4 Å². The van der Waals surface area contributed by atoms with Crippen molar-refractivity contribution in [1.82, 2.24) is 15.6 Å². The van der Waals surface area contributed by atoms with E-state index in [4.69, 9.17) is 27.6 Å². The van der Waals surface area contributed by atoms with Crippen LogP contribution in [0.25, 0.3) is 22.2 Å². The van der Waals surface area contributed by atoms with Crippen LogP contribution in [0.2, 0.25) is 10.0 Å². The molecule has 0 aliphatic heterocycles. The molecule has 1 aliphatic carbocycles. The number of oxazole rings is 1. The zero-order chi connectivity index (χ0) is 28.9. The van der Waals surface area contributed by atoms with Crippen LogP contribution in [-0.2, 0) is 4.79 Å². The van der Waals surface area contributed by atoms with Gasteiger partial charge in [0.1, 0.15) is 5.52 Å². The Morgan fingerprint density at radius 3 is 2.49 bits per heavy atom. The van der Waals surface area contributed by atoms with E-state index < -0.39 is 6.04 Å². The van der Waals surface area contributed by atoms with Gasteiger partial charge in [-0.1, -0.05) is 79.4 Å². The second kappa shape index (κ2) is 12.9. The van der Waals surface area contributed by atoms with E-state index in [2.05, 4.69) is 15.6 Å². The lowest BCUT2D eigenvalue weighted by Gasteiger charge is -2.32. The number of fused-ring (bicyclic) bond motifs is 1. The van der Waals surface area contributed by atoms with Gasteiger partial charge >= 0.3 is 0 Å². The predicted octanol–water partition coefficient (Wildman–Crippen LogP) is 7.26. The van der Waals surface area contributed by atoms with E-state index in [0.29, 0.717) is 33.1 Å². The second-order valence-electron chi connectivity index (χ2n) is 10.4. The monoisotopic (exact) mass is 591 g/mol. The number of rotatable bonds is 9. The summed E-state index contributed by atoms with van der Waals surface area (Å²) in [7, 11) is 0. The molecule has 212 valence electrons. The molecule has 9 heteroatoms. The molecular formula is C32H31Cl2N3O4. The number of carbonyl (C=O) groups is 3. The number of para-hydroxylation sites is 2. The first-order chi connectivity index (χ1) is 19.8. The number of aromatic nitrogens is 1. The summed E-state index contributed by atoms with van der Waals surface area (Å²) >= 11 is 12.9. The van der Waals surface area contributed by atoms with Gasteiger partial charge in [0.15, 0.2) is 5.58 Å². The van der Waals surface area contributed by atoms with Crippen molar-refractivity contribution in [2.24, 2.45) is 5.92 Å². The Labute approximate surface area is 248 Å². The van der Waals surface area contributed by atoms with Crippen LogP contribution in [0.1, 0.15) is 66.5 Å². The van der Waals surface area contributed by atoms with Crippen molar-refractivity contribution in [3.8, 4) is 11.1 Å². The first kappa shape index (κ1) is 28.8. The number of benzene rings is 3. The summed E-state index contributed by atoms with van der Waals surface area (Å²) in [5.74, 6) is -0.963. The third kappa shape index (κ3) is 6.63. The fraction of sp³-hybridized carbons (Fsp3) is 0.312. The van der Waals surface area contributed by atoms with Gasteiger partial charge in [-0.2, -0.15) is 0 Å². The summed E-state index contributed by atoms with van der Waals surface area (Å²) in [6, 6.07) is 18.9. The molecule has 0 bridgehead atoms. The van der Waals surface area contributed by atoms with E-state index in [1.807, 2.05) is 43.3 Å². The van der Waals surface area contributed by atoms with Crippen molar-refractivity contribution in [2.45, 2.75) is 57.5 Å². The van der Waals surface area contributed by atoms with E-state index >= 15 is 0 Å². The molecule has 2 N–H and O–H groups in total. The minimum absolute atomic E-state index is 0.0152. The van der Waals surface area contributed by atoms with E-state index in [-0.39, 0.29) is 41.9 Å². The highest BCUT2D eigenvalue weighted by molar-refractivity contribution is 6.35.